The molecule has 31 heavy (non-hydrogen) atoms. The molecule has 0 N–H and O–H groups in total. The lowest BCUT2D eigenvalue weighted by atomic mass is 9.88. The van der Waals surface area contributed by atoms with E-state index in [0.717, 1.165) is 11.3 Å². The number of morpholine rings is 1. The lowest BCUT2D eigenvalue weighted by Gasteiger charge is -2.30. The van der Waals surface area contributed by atoms with E-state index in [1.54, 1.807) is 37.3 Å². The molecule has 2 aliphatic rings. The molecule has 164 valence electrons. The van der Waals surface area contributed by atoms with Gasteiger partial charge in [-0.05, 0) is 35.9 Å². The molecule has 2 atom stereocenters. The maximum Gasteiger partial charge on any atom is 0.254 e. The molecule has 7 heteroatoms. The Morgan fingerprint density at radius 3 is 2.29 bits per heavy atom. The first kappa shape index (κ1) is 21.2. The van der Waals surface area contributed by atoms with Gasteiger partial charge >= 0.3 is 0 Å². The van der Waals surface area contributed by atoms with Gasteiger partial charge in [0.2, 0.25) is 5.91 Å². The number of amides is 2. The van der Waals surface area contributed by atoms with Crippen LogP contribution >= 0.6 is 0 Å². The molecule has 2 fully saturated rings. The van der Waals surface area contributed by atoms with E-state index in [-0.39, 0.29) is 23.7 Å². The molecule has 0 radical (unpaired) electrons. The number of carbonyl (C=O) groups is 2. The fraction of sp³-hybridized carbons (Fsp3) is 0.417. The highest BCUT2D eigenvalue weighted by molar-refractivity contribution is 5.95. The Hall–Kier alpha value is -3.06. The van der Waals surface area contributed by atoms with E-state index < -0.39 is 0 Å². The van der Waals surface area contributed by atoms with E-state index in [9.17, 15) is 9.59 Å². The summed E-state index contributed by atoms with van der Waals surface area (Å²) in [5.41, 5.74) is 1.60. The van der Waals surface area contributed by atoms with Crippen LogP contribution in [0.5, 0.6) is 11.5 Å². The molecule has 2 aromatic rings. The second-order valence-electron chi connectivity index (χ2n) is 7.87. The second kappa shape index (κ2) is 9.39. The molecule has 0 aliphatic carbocycles. The summed E-state index contributed by atoms with van der Waals surface area (Å²) in [6, 6.07) is 14.9. The number of rotatable bonds is 5. The number of methoxy groups -OCH3 is 2. The summed E-state index contributed by atoms with van der Waals surface area (Å²) < 4.78 is 15.9. The first-order chi connectivity index (χ1) is 15.1. The molecule has 2 saturated heterocycles. The molecule has 7 nitrogen and oxygen atoms in total. The van der Waals surface area contributed by atoms with Crippen LogP contribution in [0.25, 0.3) is 0 Å². The summed E-state index contributed by atoms with van der Waals surface area (Å²) in [5, 5.41) is 0. The molecule has 0 saturated carbocycles. The Kier molecular flexibility index (Phi) is 6.42. The van der Waals surface area contributed by atoms with Crippen molar-refractivity contribution in [2.24, 2.45) is 5.92 Å². The van der Waals surface area contributed by atoms with Gasteiger partial charge in [0.1, 0.15) is 11.5 Å². The monoisotopic (exact) mass is 424 g/mol. The van der Waals surface area contributed by atoms with Crippen molar-refractivity contribution in [2.75, 3.05) is 53.6 Å². The van der Waals surface area contributed by atoms with Crippen molar-refractivity contribution in [1.29, 1.82) is 0 Å². The number of carbonyl (C=O) groups excluding carboxylic acids is 2. The largest absolute Gasteiger partial charge is 0.497 e. The molecule has 0 aromatic heterocycles. The summed E-state index contributed by atoms with van der Waals surface area (Å²) in [7, 11) is 3.21. The Bertz CT molecular complexity index is 924. The second-order valence-corrected chi connectivity index (χ2v) is 7.87. The van der Waals surface area contributed by atoms with Gasteiger partial charge in [-0.1, -0.05) is 18.2 Å². The zero-order chi connectivity index (χ0) is 21.8. The van der Waals surface area contributed by atoms with Crippen LogP contribution in [0.4, 0.5) is 0 Å². The average Bonchev–Trinajstić information content (AvgIpc) is 3.29. The lowest BCUT2D eigenvalue weighted by Crippen LogP contribution is -2.45. The lowest BCUT2D eigenvalue weighted by molar-refractivity contribution is -0.139. The molecule has 4 rings (SSSR count). The zero-order valence-corrected chi connectivity index (χ0v) is 18.0. The minimum Gasteiger partial charge on any atom is -0.497 e. The number of ether oxygens (including phenoxy) is 3. The van der Waals surface area contributed by atoms with Crippen molar-refractivity contribution >= 4 is 11.8 Å². The first-order valence-corrected chi connectivity index (χ1v) is 10.5. The van der Waals surface area contributed by atoms with Crippen LogP contribution in [-0.2, 0) is 9.53 Å². The quantitative estimate of drug-likeness (QED) is 0.738. The van der Waals surface area contributed by atoms with Crippen LogP contribution in [0.1, 0.15) is 21.8 Å². The fourth-order valence-electron chi connectivity index (χ4n) is 4.37. The summed E-state index contributed by atoms with van der Waals surface area (Å²) in [4.78, 5) is 30.3. The molecule has 2 heterocycles. The maximum atomic E-state index is 13.4. The van der Waals surface area contributed by atoms with Gasteiger partial charge < -0.3 is 24.0 Å². The van der Waals surface area contributed by atoms with Crippen molar-refractivity contribution in [3.8, 4) is 11.5 Å². The van der Waals surface area contributed by atoms with E-state index in [4.69, 9.17) is 14.2 Å². The number of likely N-dealkylation sites (tertiary alicyclic amines) is 1. The smallest absolute Gasteiger partial charge is 0.254 e. The number of nitrogens with zero attached hydrogens (tertiary/aromatic N) is 2. The summed E-state index contributed by atoms with van der Waals surface area (Å²) in [6.07, 6.45) is 0. The van der Waals surface area contributed by atoms with Crippen molar-refractivity contribution in [2.45, 2.75) is 5.92 Å². The summed E-state index contributed by atoms with van der Waals surface area (Å²) >= 11 is 0. The van der Waals surface area contributed by atoms with E-state index in [2.05, 4.69) is 0 Å². The van der Waals surface area contributed by atoms with E-state index in [0.29, 0.717) is 50.7 Å². The Labute approximate surface area is 182 Å². The van der Waals surface area contributed by atoms with Crippen molar-refractivity contribution in [3.05, 3.63) is 59.7 Å². The van der Waals surface area contributed by atoms with E-state index in [1.807, 2.05) is 35.2 Å². The third-order valence-corrected chi connectivity index (χ3v) is 6.11. The van der Waals surface area contributed by atoms with E-state index in [1.165, 1.54) is 0 Å². The number of benzene rings is 2. The molecule has 2 aromatic carbocycles. The minimum atomic E-state index is -0.291. The minimum absolute atomic E-state index is 0.0733. The molecular weight excluding hydrogens is 396 g/mol. The van der Waals surface area contributed by atoms with Crippen molar-refractivity contribution < 1.29 is 23.8 Å². The van der Waals surface area contributed by atoms with Gasteiger partial charge in [0, 0.05) is 37.7 Å². The highest BCUT2D eigenvalue weighted by Crippen LogP contribution is 2.36. The van der Waals surface area contributed by atoms with Gasteiger partial charge in [-0.25, -0.2) is 0 Å². The third-order valence-electron chi connectivity index (χ3n) is 6.11. The SMILES string of the molecule is COc1ccc([C@@H]2CN(C(=O)c3cccc(OC)c3)C[C@@H]2C(=O)N2CCOCC2)cc1. The van der Waals surface area contributed by atoms with Crippen LogP contribution in [0.3, 0.4) is 0 Å². The molecule has 2 amide bonds. The predicted octanol–water partition coefficient (Wildman–Crippen LogP) is 2.42. The predicted molar refractivity (Wildman–Crippen MR) is 116 cm³/mol. The Balaban J connectivity index is 1.60. The molecule has 0 bridgehead atoms. The topological polar surface area (TPSA) is 68.3 Å². The van der Waals surface area contributed by atoms with Crippen molar-refractivity contribution in [3.63, 3.8) is 0 Å². The average molecular weight is 424 g/mol. The fourth-order valence-corrected chi connectivity index (χ4v) is 4.37. The molecular formula is C24H28N2O5. The Morgan fingerprint density at radius 2 is 1.61 bits per heavy atom. The van der Waals surface area contributed by atoms with Crippen LogP contribution < -0.4 is 9.47 Å². The zero-order valence-electron chi connectivity index (χ0n) is 18.0. The van der Waals surface area contributed by atoms with Gasteiger partial charge in [0.25, 0.3) is 5.91 Å². The maximum absolute atomic E-state index is 13.4. The molecule has 0 unspecified atom stereocenters. The van der Waals surface area contributed by atoms with Gasteiger partial charge in [0.15, 0.2) is 0 Å². The Morgan fingerprint density at radius 1 is 0.903 bits per heavy atom. The summed E-state index contributed by atoms with van der Waals surface area (Å²) in [6.45, 7) is 3.17. The molecule has 0 spiro atoms. The third kappa shape index (κ3) is 4.51. The first-order valence-electron chi connectivity index (χ1n) is 10.5. The normalized spacial score (nSPS) is 21.1. The van der Waals surface area contributed by atoms with Crippen LogP contribution in [0.15, 0.2) is 48.5 Å². The number of hydrogen-bond donors (Lipinski definition) is 0. The number of hydrogen-bond acceptors (Lipinski definition) is 5. The van der Waals surface area contributed by atoms with E-state index >= 15 is 0 Å². The molecule has 2 aliphatic heterocycles. The summed E-state index contributed by atoms with van der Waals surface area (Å²) in [5.74, 6) is 1.04. The standard InChI is InChI=1S/C24H28N2O5/c1-29-19-8-6-17(7-9-19)21-15-26(23(27)18-4-3-5-20(14-18)30-2)16-22(21)24(28)25-10-12-31-13-11-25/h3-9,14,21-22H,10-13,15-16H2,1-2H3/t21-,22-/m0/s1. The van der Waals surface area contributed by atoms with Crippen LogP contribution in [-0.4, -0.2) is 75.2 Å². The van der Waals surface area contributed by atoms with Gasteiger partial charge in [-0.15, -0.1) is 0 Å². The van der Waals surface area contributed by atoms with Gasteiger partial charge in [-0.3, -0.25) is 9.59 Å². The van der Waals surface area contributed by atoms with Gasteiger partial charge in [0.05, 0.1) is 33.4 Å². The van der Waals surface area contributed by atoms with Crippen molar-refractivity contribution in [1.82, 2.24) is 9.80 Å². The van der Waals surface area contributed by atoms with Crippen LogP contribution in [0, 0.1) is 5.92 Å². The van der Waals surface area contributed by atoms with Crippen LogP contribution in [0.2, 0.25) is 0 Å². The highest BCUT2D eigenvalue weighted by atomic mass is 16.5. The van der Waals surface area contributed by atoms with Gasteiger partial charge in [-0.2, -0.15) is 0 Å². The highest BCUT2D eigenvalue weighted by Gasteiger charge is 2.42.